The number of rotatable bonds is 2. The number of aromatic nitrogens is 1. The number of hydrogen-bond acceptors (Lipinski definition) is 3. The topological polar surface area (TPSA) is 54.5 Å². The van der Waals surface area contributed by atoms with Crippen LogP contribution in [0.15, 0.2) is 29.2 Å². The molecule has 1 saturated carbocycles. The van der Waals surface area contributed by atoms with Gasteiger partial charge in [0, 0.05) is 49.9 Å². The van der Waals surface area contributed by atoms with E-state index in [1.54, 1.807) is 0 Å². The Balaban J connectivity index is 1.74. The molecule has 0 spiro atoms. The van der Waals surface area contributed by atoms with Crippen LogP contribution < -0.4 is 16.1 Å². The summed E-state index contributed by atoms with van der Waals surface area (Å²) in [4.78, 5) is 16.0. The summed E-state index contributed by atoms with van der Waals surface area (Å²) in [5.41, 5.74) is 6.89. The third-order valence-corrected chi connectivity index (χ3v) is 5.13. The molecule has 1 aromatic heterocycles. The molecule has 0 atom stereocenters. The number of fused-ring (bicyclic) bond motifs is 1. The van der Waals surface area contributed by atoms with Crippen LogP contribution in [0.3, 0.4) is 0 Å². The second kappa shape index (κ2) is 5.73. The van der Waals surface area contributed by atoms with E-state index < -0.39 is 0 Å². The van der Waals surface area contributed by atoms with Gasteiger partial charge in [-0.15, -0.1) is 0 Å². The van der Waals surface area contributed by atoms with Gasteiger partial charge in [0.25, 0.3) is 0 Å². The predicted octanol–water partition coefficient (Wildman–Crippen LogP) is 1.84. The molecule has 7 heteroatoms. The summed E-state index contributed by atoms with van der Waals surface area (Å²) in [6.07, 6.45) is 4.05. The van der Waals surface area contributed by atoms with E-state index in [1.165, 1.54) is 12.1 Å². The van der Waals surface area contributed by atoms with Gasteiger partial charge < -0.3 is 20.1 Å². The molecule has 2 aliphatic rings. The highest BCUT2D eigenvalue weighted by atomic mass is 32.1. The number of pyridine rings is 1. The molecule has 4 rings (SSSR count). The quantitative estimate of drug-likeness (QED) is 0.841. The van der Waals surface area contributed by atoms with Crippen molar-refractivity contribution < 1.29 is 4.39 Å². The van der Waals surface area contributed by atoms with Crippen LogP contribution in [0.2, 0.25) is 0 Å². The average molecular weight is 346 g/mol. The third kappa shape index (κ3) is 2.62. The largest absolute Gasteiger partial charge is 0.376 e. The van der Waals surface area contributed by atoms with E-state index in [-0.39, 0.29) is 11.2 Å². The Morgan fingerprint density at radius 3 is 2.54 bits per heavy atom. The Hall–Kier alpha value is -2.15. The molecule has 1 saturated heterocycles. The maximum absolute atomic E-state index is 14.6. The van der Waals surface area contributed by atoms with Crippen LogP contribution in [0.1, 0.15) is 18.9 Å². The summed E-state index contributed by atoms with van der Waals surface area (Å²) >= 11 is 5.00. The maximum atomic E-state index is 14.6. The lowest BCUT2D eigenvalue weighted by Gasteiger charge is -2.36. The number of thiocarbonyl (C=S) groups is 1. The first-order valence-electron chi connectivity index (χ1n) is 8.18. The molecule has 2 fully saturated rings. The standard InChI is InChI=1S/C17H19FN4OS/c18-13-9-12-14(22(11-1-2-11)4-3-16(12)23)10-15(13)20-5-7-21(8-6-20)17(19)24/h3-4,9-11H,1-2,5-8H2,(H2,19,24). The fourth-order valence-corrected chi connectivity index (χ4v) is 3.54. The van der Waals surface area contributed by atoms with Crippen LogP contribution >= 0.6 is 12.2 Å². The van der Waals surface area contributed by atoms with Gasteiger partial charge in [-0.3, -0.25) is 4.79 Å². The first kappa shape index (κ1) is 15.4. The lowest BCUT2D eigenvalue weighted by molar-refractivity contribution is 0.386. The van der Waals surface area contributed by atoms with E-state index in [1.807, 2.05) is 22.1 Å². The van der Waals surface area contributed by atoms with Crippen molar-refractivity contribution in [2.75, 3.05) is 31.1 Å². The summed E-state index contributed by atoms with van der Waals surface area (Å²) in [5, 5.41) is 0.837. The van der Waals surface area contributed by atoms with E-state index >= 15 is 0 Å². The Labute approximate surface area is 144 Å². The Morgan fingerprint density at radius 1 is 1.21 bits per heavy atom. The summed E-state index contributed by atoms with van der Waals surface area (Å²) in [6.45, 7) is 2.66. The second-order valence-corrected chi connectivity index (χ2v) is 6.87. The summed E-state index contributed by atoms with van der Waals surface area (Å²) in [7, 11) is 0. The van der Waals surface area contributed by atoms with E-state index in [0.717, 1.165) is 18.4 Å². The number of hydrogen-bond donors (Lipinski definition) is 1. The third-order valence-electron chi connectivity index (χ3n) is 4.87. The minimum absolute atomic E-state index is 0.134. The van der Waals surface area contributed by atoms with Crippen LogP contribution in [0.5, 0.6) is 0 Å². The van der Waals surface area contributed by atoms with Crippen molar-refractivity contribution in [3.05, 3.63) is 40.4 Å². The highest BCUT2D eigenvalue weighted by Gasteiger charge is 2.26. The molecule has 2 heterocycles. The number of anilines is 1. The van der Waals surface area contributed by atoms with Gasteiger partial charge in [0.05, 0.1) is 11.2 Å². The van der Waals surface area contributed by atoms with Gasteiger partial charge in [-0.25, -0.2) is 4.39 Å². The van der Waals surface area contributed by atoms with Crippen LogP contribution in [0, 0.1) is 5.82 Å². The molecule has 0 radical (unpaired) electrons. The summed E-state index contributed by atoms with van der Waals surface area (Å²) in [6, 6.07) is 5.16. The fourth-order valence-electron chi connectivity index (χ4n) is 3.36. The number of nitrogens with zero attached hydrogens (tertiary/aromatic N) is 3. The monoisotopic (exact) mass is 346 g/mol. The van der Waals surface area contributed by atoms with Crippen molar-refractivity contribution in [1.29, 1.82) is 0 Å². The molecule has 1 aliphatic carbocycles. The van der Waals surface area contributed by atoms with Crippen LogP contribution in [-0.4, -0.2) is 40.8 Å². The SMILES string of the molecule is NC(=S)N1CCN(c2cc3c(cc2F)c(=O)ccn3C2CC2)CC1. The molecule has 126 valence electrons. The first-order chi connectivity index (χ1) is 11.5. The van der Waals surface area contributed by atoms with Crippen molar-refractivity contribution in [3.63, 3.8) is 0 Å². The average Bonchev–Trinajstić information content (AvgIpc) is 3.40. The van der Waals surface area contributed by atoms with Crippen molar-refractivity contribution in [1.82, 2.24) is 9.47 Å². The van der Waals surface area contributed by atoms with Gasteiger partial charge in [0.1, 0.15) is 5.82 Å². The fraction of sp³-hybridized carbons (Fsp3) is 0.412. The second-order valence-electron chi connectivity index (χ2n) is 6.45. The van der Waals surface area contributed by atoms with E-state index in [2.05, 4.69) is 4.57 Å². The molecule has 0 bridgehead atoms. The van der Waals surface area contributed by atoms with E-state index in [4.69, 9.17) is 18.0 Å². The zero-order chi connectivity index (χ0) is 16.8. The molecule has 1 aromatic carbocycles. The lowest BCUT2D eigenvalue weighted by Crippen LogP contribution is -2.50. The van der Waals surface area contributed by atoms with Crippen molar-refractivity contribution in [2.45, 2.75) is 18.9 Å². The maximum Gasteiger partial charge on any atom is 0.189 e. The number of halogens is 1. The van der Waals surface area contributed by atoms with Gasteiger partial charge in [-0.1, -0.05) is 0 Å². The van der Waals surface area contributed by atoms with Gasteiger partial charge in [-0.2, -0.15) is 0 Å². The minimum Gasteiger partial charge on any atom is -0.376 e. The zero-order valence-corrected chi connectivity index (χ0v) is 14.1. The van der Waals surface area contributed by atoms with Crippen LogP contribution in [0.4, 0.5) is 10.1 Å². The molecular formula is C17H19FN4OS. The smallest absolute Gasteiger partial charge is 0.189 e. The number of nitrogens with two attached hydrogens (primary N) is 1. The van der Waals surface area contributed by atoms with Crippen molar-refractivity contribution in [3.8, 4) is 0 Å². The van der Waals surface area contributed by atoms with E-state index in [9.17, 15) is 9.18 Å². The summed E-state index contributed by atoms with van der Waals surface area (Å²) < 4.78 is 16.7. The molecule has 0 amide bonds. The molecule has 2 aromatic rings. The van der Waals surface area contributed by atoms with Gasteiger partial charge in [0.15, 0.2) is 10.5 Å². The van der Waals surface area contributed by atoms with Gasteiger partial charge >= 0.3 is 0 Å². The molecule has 0 unspecified atom stereocenters. The number of piperazine rings is 1. The summed E-state index contributed by atoms with van der Waals surface area (Å²) in [5.74, 6) is -0.350. The molecule has 24 heavy (non-hydrogen) atoms. The molecule has 1 aliphatic heterocycles. The normalized spacial score (nSPS) is 18.2. The Kier molecular flexibility index (Phi) is 3.68. The Bertz CT molecular complexity index is 869. The lowest BCUT2D eigenvalue weighted by atomic mass is 10.1. The van der Waals surface area contributed by atoms with Crippen molar-refractivity contribution in [2.24, 2.45) is 5.73 Å². The number of benzene rings is 1. The minimum atomic E-state index is -0.350. The van der Waals surface area contributed by atoms with Gasteiger partial charge in [-0.05, 0) is 37.2 Å². The molecule has 5 nitrogen and oxygen atoms in total. The van der Waals surface area contributed by atoms with Crippen LogP contribution in [0.25, 0.3) is 10.9 Å². The Morgan fingerprint density at radius 2 is 1.92 bits per heavy atom. The molecular weight excluding hydrogens is 327 g/mol. The first-order valence-corrected chi connectivity index (χ1v) is 8.59. The zero-order valence-electron chi connectivity index (χ0n) is 13.2. The van der Waals surface area contributed by atoms with Crippen molar-refractivity contribution >= 4 is 33.9 Å². The molecule has 2 N–H and O–H groups in total. The van der Waals surface area contributed by atoms with E-state index in [0.29, 0.717) is 48.4 Å². The van der Waals surface area contributed by atoms with Gasteiger partial charge in [0.2, 0.25) is 0 Å². The predicted molar refractivity (Wildman–Crippen MR) is 97.0 cm³/mol. The van der Waals surface area contributed by atoms with Crippen LogP contribution in [-0.2, 0) is 0 Å². The highest BCUT2D eigenvalue weighted by Crippen LogP contribution is 2.37. The highest BCUT2D eigenvalue weighted by molar-refractivity contribution is 7.80.